The first kappa shape index (κ1) is 31.0. The summed E-state index contributed by atoms with van der Waals surface area (Å²) in [6.45, 7) is 6.81. The largest absolute Gasteiger partial charge is 0.461 e. The molecule has 11 heteroatoms. The zero-order chi connectivity index (χ0) is 30.6. The smallest absolute Gasteiger partial charge is 0.335 e. The average molecular weight is 612 g/mol. The Balaban J connectivity index is 1.65. The highest BCUT2D eigenvalue weighted by Gasteiger charge is 2.26. The Kier molecular flexibility index (Phi) is 9.88. The Morgan fingerprint density at radius 1 is 0.952 bits per heavy atom. The first-order chi connectivity index (χ1) is 20.0. The average Bonchev–Trinajstić information content (AvgIpc) is 2.95. The SMILES string of the molecule is CCNCc1ccc2c(c1)c(=O)n(-c1ccc(C[C@H](NC(=O)c3c(Cl)cccc3Cl)C(=O)OC(C)C)cc1)c(=O)n2C. The third-order valence-corrected chi connectivity index (χ3v) is 7.31. The van der Waals surface area contributed by atoms with Crippen molar-refractivity contribution < 1.29 is 14.3 Å². The van der Waals surface area contributed by atoms with Crippen LogP contribution in [-0.4, -0.2) is 39.7 Å². The van der Waals surface area contributed by atoms with Gasteiger partial charge in [-0.1, -0.05) is 54.4 Å². The molecule has 0 fully saturated rings. The number of nitrogens with one attached hydrogen (secondary N) is 2. The Bertz CT molecular complexity index is 1730. The van der Waals surface area contributed by atoms with E-state index in [0.29, 0.717) is 28.7 Å². The molecule has 0 aliphatic heterocycles. The first-order valence-electron chi connectivity index (χ1n) is 13.5. The molecule has 0 spiro atoms. The third-order valence-electron chi connectivity index (χ3n) is 6.68. The first-order valence-corrected chi connectivity index (χ1v) is 14.3. The minimum absolute atomic E-state index is 0.0543. The molecule has 9 nitrogen and oxygen atoms in total. The van der Waals surface area contributed by atoms with Gasteiger partial charge in [-0.05, 0) is 67.9 Å². The van der Waals surface area contributed by atoms with Gasteiger partial charge in [-0.25, -0.2) is 14.2 Å². The summed E-state index contributed by atoms with van der Waals surface area (Å²) in [4.78, 5) is 52.7. The molecule has 0 aliphatic carbocycles. The number of esters is 1. The highest BCUT2D eigenvalue weighted by Crippen LogP contribution is 2.24. The summed E-state index contributed by atoms with van der Waals surface area (Å²) in [5, 5.41) is 6.65. The zero-order valence-electron chi connectivity index (χ0n) is 23.7. The maximum absolute atomic E-state index is 13.5. The van der Waals surface area contributed by atoms with Crippen molar-refractivity contribution in [3.63, 3.8) is 0 Å². The molecular formula is C31H32Cl2N4O5. The van der Waals surface area contributed by atoms with Crippen molar-refractivity contribution in [1.82, 2.24) is 19.8 Å². The molecule has 3 aromatic carbocycles. The summed E-state index contributed by atoms with van der Waals surface area (Å²) in [7, 11) is 1.62. The number of aryl methyl sites for hydroxylation is 1. The number of nitrogens with zero attached hydrogens (tertiary/aromatic N) is 2. The van der Waals surface area contributed by atoms with Crippen molar-refractivity contribution in [2.45, 2.75) is 45.9 Å². The zero-order valence-corrected chi connectivity index (χ0v) is 25.3. The van der Waals surface area contributed by atoms with E-state index in [-0.39, 0.29) is 22.0 Å². The van der Waals surface area contributed by atoms with Gasteiger partial charge in [-0.3, -0.25) is 14.2 Å². The number of carbonyl (C=O) groups is 2. The Labute approximate surface area is 253 Å². The summed E-state index contributed by atoms with van der Waals surface area (Å²) in [5.41, 5.74) is 1.65. The highest BCUT2D eigenvalue weighted by atomic mass is 35.5. The number of rotatable bonds is 10. The van der Waals surface area contributed by atoms with Crippen molar-refractivity contribution in [2.75, 3.05) is 6.54 Å². The second-order valence-corrected chi connectivity index (χ2v) is 10.9. The van der Waals surface area contributed by atoms with Crippen LogP contribution in [0.15, 0.2) is 70.3 Å². The van der Waals surface area contributed by atoms with Gasteiger partial charge in [0.15, 0.2) is 0 Å². The van der Waals surface area contributed by atoms with E-state index in [0.717, 1.165) is 16.7 Å². The predicted octanol–water partition coefficient (Wildman–Crippen LogP) is 4.40. The molecule has 0 bridgehead atoms. The Morgan fingerprint density at radius 2 is 1.60 bits per heavy atom. The lowest BCUT2D eigenvalue weighted by molar-refractivity contribution is -0.149. The number of ether oxygens (including phenoxy) is 1. The molecule has 4 rings (SSSR count). The van der Waals surface area contributed by atoms with Crippen LogP contribution in [0.1, 0.15) is 42.3 Å². The molecule has 220 valence electrons. The van der Waals surface area contributed by atoms with E-state index in [9.17, 15) is 19.2 Å². The lowest BCUT2D eigenvalue weighted by atomic mass is 10.0. The second kappa shape index (κ2) is 13.4. The molecule has 1 atom stereocenters. The van der Waals surface area contributed by atoms with Crippen molar-refractivity contribution in [2.24, 2.45) is 7.05 Å². The summed E-state index contributed by atoms with van der Waals surface area (Å²) in [6.07, 6.45) is -0.324. The van der Waals surface area contributed by atoms with Gasteiger partial charge in [-0.2, -0.15) is 0 Å². The Hall–Kier alpha value is -3.92. The summed E-state index contributed by atoms with van der Waals surface area (Å²) >= 11 is 12.4. The van der Waals surface area contributed by atoms with Gasteiger partial charge in [-0.15, -0.1) is 0 Å². The lowest BCUT2D eigenvalue weighted by Gasteiger charge is -2.20. The van der Waals surface area contributed by atoms with Gasteiger partial charge in [0.2, 0.25) is 0 Å². The molecule has 0 saturated heterocycles. The fraction of sp³-hybridized carbons (Fsp3) is 0.290. The van der Waals surface area contributed by atoms with Gasteiger partial charge >= 0.3 is 11.7 Å². The van der Waals surface area contributed by atoms with E-state index in [1.54, 1.807) is 63.4 Å². The van der Waals surface area contributed by atoms with E-state index in [2.05, 4.69) is 10.6 Å². The second-order valence-electron chi connectivity index (χ2n) is 10.1. The number of halogens is 2. The van der Waals surface area contributed by atoms with E-state index in [1.807, 2.05) is 13.0 Å². The van der Waals surface area contributed by atoms with Gasteiger partial charge in [0.25, 0.3) is 11.5 Å². The van der Waals surface area contributed by atoms with E-state index in [1.165, 1.54) is 16.7 Å². The quantitative estimate of drug-likeness (QED) is 0.257. The maximum atomic E-state index is 13.5. The van der Waals surface area contributed by atoms with Gasteiger partial charge in [0, 0.05) is 20.0 Å². The molecule has 2 N–H and O–H groups in total. The molecule has 1 amide bonds. The normalized spacial score (nSPS) is 12.0. The number of carbonyl (C=O) groups excluding carboxylic acids is 2. The fourth-order valence-corrected chi connectivity index (χ4v) is 5.15. The van der Waals surface area contributed by atoms with Crippen molar-refractivity contribution in [3.05, 3.63) is 108 Å². The van der Waals surface area contributed by atoms with Crippen LogP contribution in [0, 0.1) is 0 Å². The van der Waals surface area contributed by atoms with E-state index < -0.39 is 35.3 Å². The monoisotopic (exact) mass is 610 g/mol. The number of fused-ring (bicyclic) bond motifs is 1. The minimum atomic E-state index is -1.05. The standard InChI is InChI=1S/C31H32Cl2N4O5/c1-5-34-17-20-11-14-26-22(15-20)29(39)37(31(41)36(26)4)21-12-9-19(10-13-21)16-25(30(40)42-18(2)3)35-28(38)27-23(32)7-6-8-24(27)33/h6-15,18,25,34H,5,16-17H2,1-4H3,(H,35,38)/t25-/m0/s1. The van der Waals surface area contributed by atoms with Gasteiger partial charge < -0.3 is 15.4 Å². The van der Waals surface area contributed by atoms with Gasteiger partial charge in [0.05, 0.1) is 38.3 Å². The van der Waals surface area contributed by atoms with Crippen LogP contribution in [0.25, 0.3) is 16.6 Å². The third kappa shape index (κ3) is 6.75. The number of hydrogen-bond acceptors (Lipinski definition) is 6. The molecule has 0 unspecified atom stereocenters. The number of benzene rings is 3. The fourth-order valence-electron chi connectivity index (χ4n) is 4.58. The van der Waals surface area contributed by atoms with Crippen LogP contribution in [0.2, 0.25) is 10.0 Å². The topological polar surface area (TPSA) is 111 Å². The van der Waals surface area contributed by atoms with Crippen LogP contribution in [0.5, 0.6) is 0 Å². The number of aromatic nitrogens is 2. The van der Waals surface area contributed by atoms with Crippen molar-refractivity contribution >= 4 is 46.0 Å². The molecular weight excluding hydrogens is 579 g/mol. The van der Waals surface area contributed by atoms with Crippen LogP contribution >= 0.6 is 23.2 Å². The molecule has 42 heavy (non-hydrogen) atoms. The van der Waals surface area contributed by atoms with Gasteiger partial charge in [0.1, 0.15) is 6.04 Å². The molecule has 0 radical (unpaired) electrons. The predicted molar refractivity (Wildman–Crippen MR) is 165 cm³/mol. The van der Waals surface area contributed by atoms with Crippen LogP contribution in [0.4, 0.5) is 0 Å². The molecule has 0 aliphatic rings. The molecule has 4 aromatic rings. The van der Waals surface area contributed by atoms with Crippen molar-refractivity contribution in [3.8, 4) is 5.69 Å². The highest BCUT2D eigenvalue weighted by molar-refractivity contribution is 6.39. The lowest BCUT2D eigenvalue weighted by Crippen LogP contribution is -2.44. The number of hydrogen-bond donors (Lipinski definition) is 2. The van der Waals surface area contributed by atoms with Crippen molar-refractivity contribution in [1.29, 1.82) is 0 Å². The number of amides is 1. The molecule has 1 aromatic heterocycles. The molecule has 0 saturated carbocycles. The summed E-state index contributed by atoms with van der Waals surface area (Å²) in [5.74, 6) is -1.24. The maximum Gasteiger partial charge on any atom is 0.335 e. The minimum Gasteiger partial charge on any atom is -0.461 e. The molecule has 1 heterocycles. The summed E-state index contributed by atoms with van der Waals surface area (Å²) in [6, 6.07) is 15.7. The van der Waals surface area contributed by atoms with E-state index in [4.69, 9.17) is 27.9 Å². The summed E-state index contributed by atoms with van der Waals surface area (Å²) < 4.78 is 7.94. The van der Waals surface area contributed by atoms with Crippen LogP contribution in [0.3, 0.4) is 0 Å². The van der Waals surface area contributed by atoms with Crippen LogP contribution < -0.4 is 21.9 Å². The Morgan fingerprint density at radius 3 is 2.21 bits per heavy atom. The van der Waals surface area contributed by atoms with E-state index >= 15 is 0 Å². The van der Waals surface area contributed by atoms with Crippen LogP contribution in [-0.2, 0) is 29.5 Å².